The van der Waals surface area contributed by atoms with Crippen LogP contribution < -0.4 is 0 Å². The molecule has 210 valence electrons. The van der Waals surface area contributed by atoms with Gasteiger partial charge in [-0.25, -0.2) is 9.37 Å². The van der Waals surface area contributed by atoms with Crippen molar-refractivity contribution in [3.63, 3.8) is 0 Å². The van der Waals surface area contributed by atoms with Crippen molar-refractivity contribution in [1.29, 1.82) is 0 Å². The highest BCUT2D eigenvalue weighted by atomic mass is 32.2. The maximum atomic E-state index is 14.8. The zero-order valence-electron chi connectivity index (χ0n) is 22.5. The summed E-state index contributed by atoms with van der Waals surface area (Å²) in [7, 11) is 0. The fourth-order valence-corrected chi connectivity index (χ4v) is 6.24. The summed E-state index contributed by atoms with van der Waals surface area (Å²) in [6, 6.07) is 30.1. The third-order valence-corrected chi connectivity index (χ3v) is 8.55. The van der Waals surface area contributed by atoms with Crippen molar-refractivity contribution < 1.29 is 13.6 Å². The molecule has 0 saturated heterocycles. The fourth-order valence-electron chi connectivity index (χ4n) is 4.51. The number of benzene rings is 3. The molecule has 42 heavy (non-hydrogen) atoms. The van der Waals surface area contributed by atoms with Gasteiger partial charge < -0.3 is 9.32 Å². The number of carbonyl (C=O) groups is 1. The quantitative estimate of drug-likeness (QED) is 0.146. The Morgan fingerprint density at radius 1 is 0.905 bits per heavy atom. The molecule has 0 atom stereocenters. The molecular formula is C32H26FN5O2S2. The highest BCUT2D eigenvalue weighted by Crippen LogP contribution is 2.31. The van der Waals surface area contributed by atoms with Crippen LogP contribution in [0.25, 0.3) is 17.3 Å². The number of furan rings is 1. The second-order valence-electron chi connectivity index (χ2n) is 9.43. The summed E-state index contributed by atoms with van der Waals surface area (Å²) in [4.78, 5) is 20.2. The van der Waals surface area contributed by atoms with Crippen LogP contribution in [-0.2, 0) is 18.7 Å². The predicted molar refractivity (Wildman–Crippen MR) is 162 cm³/mol. The number of carbonyl (C=O) groups excluding carboxylic acids is 1. The molecule has 1 amide bonds. The van der Waals surface area contributed by atoms with E-state index in [1.54, 1.807) is 40.3 Å². The first kappa shape index (κ1) is 27.6. The van der Waals surface area contributed by atoms with Gasteiger partial charge in [0.15, 0.2) is 10.9 Å². The summed E-state index contributed by atoms with van der Waals surface area (Å²) in [6.45, 7) is 1.07. The number of para-hydroxylation sites is 1. The molecule has 0 spiro atoms. The average molecular weight is 596 g/mol. The van der Waals surface area contributed by atoms with E-state index in [0.717, 1.165) is 17.0 Å². The topological polar surface area (TPSA) is 77.0 Å². The lowest BCUT2D eigenvalue weighted by Gasteiger charge is -2.22. The predicted octanol–water partition coefficient (Wildman–Crippen LogP) is 7.30. The molecular weight excluding hydrogens is 570 g/mol. The van der Waals surface area contributed by atoms with Crippen molar-refractivity contribution in [3.05, 3.63) is 136 Å². The molecule has 3 heterocycles. The zero-order valence-corrected chi connectivity index (χ0v) is 24.1. The van der Waals surface area contributed by atoms with Crippen molar-refractivity contribution in [2.45, 2.75) is 23.9 Å². The Morgan fingerprint density at radius 3 is 2.38 bits per heavy atom. The summed E-state index contributed by atoms with van der Waals surface area (Å²) in [5.41, 5.74) is 2.96. The molecule has 0 radical (unpaired) electrons. The highest BCUT2D eigenvalue weighted by Gasteiger charge is 2.22. The number of amides is 1. The van der Waals surface area contributed by atoms with Crippen LogP contribution in [0.5, 0.6) is 0 Å². The average Bonchev–Trinajstić information content (AvgIpc) is 3.81. The van der Waals surface area contributed by atoms with Crippen LogP contribution >= 0.6 is 23.1 Å². The first-order chi connectivity index (χ1) is 20.7. The van der Waals surface area contributed by atoms with E-state index < -0.39 is 5.82 Å². The lowest BCUT2D eigenvalue weighted by Crippen LogP contribution is -2.32. The SMILES string of the molecule is O=C(c1csc(CSc2nnc(-c3ccco3)n2-c2ccccc2F)n1)N(CCc1ccccc1)Cc1ccccc1. The van der Waals surface area contributed by atoms with Gasteiger partial charge >= 0.3 is 0 Å². The van der Waals surface area contributed by atoms with Crippen LogP contribution in [0.2, 0.25) is 0 Å². The Kier molecular flexibility index (Phi) is 8.53. The Labute approximate surface area is 250 Å². The van der Waals surface area contributed by atoms with E-state index in [4.69, 9.17) is 4.42 Å². The smallest absolute Gasteiger partial charge is 0.273 e. The molecule has 0 aliphatic heterocycles. The first-order valence-electron chi connectivity index (χ1n) is 13.3. The van der Waals surface area contributed by atoms with Gasteiger partial charge in [-0.3, -0.25) is 9.36 Å². The van der Waals surface area contributed by atoms with E-state index in [2.05, 4.69) is 27.3 Å². The van der Waals surface area contributed by atoms with Gasteiger partial charge in [-0.15, -0.1) is 21.5 Å². The van der Waals surface area contributed by atoms with Crippen LogP contribution in [0.1, 0.15) is 26.6 Å². The number of thiazole rings is 1. The van der Waals surface area contributed by atoms with Gasteiger partial charge in [-0.2, -0.15) is 0 Å². The summed E-state index contributed by atoms with van der Waals surface area (Å²) >= 11 is 2.78. The number of hydrogen-bond donors (Lipinski definition) is 0. The summed E-state index contributed by atoms with van der Waals surface area (Å²) in [5.74, 6) is 0.803. The molecule has 3 aromatic carbocycles. The Balaban J connectivity index is 1.20. The standard InChI is InChI=1S/C32H26FN5O2S2/c33-25-14-7-8-15-27(25)38-30(28-16-9-19-40-28)35-36-32(38)42-22-29-34-26(21-41-29)31(39)37(20-24-12-5-2-6-13-24)18-17-23-10-3-1-4-11-23/h1-16,19,21H,17-18,20,22H2. The largest absolute Gasteiger partial charge is 0.461 e. The molecule has 0 saturated carbocycles. The lowest BCUT2D eigenvalue weighted by molar-refractivity contribution is 0.0740. The van der Waals surface area contributed by atoms with Crippen molar-refractivity contribution in [2.75, 3.05) is 6.54 Å². The minimum atomic E-state index is -0.400. The maximum absolute atomic E-state index is 14.8. The van der Waals surface area contributed by atoms with Crippen LogP contribution in [0.3, 0.4) is 0 Å². The van der Waals surface area contributed by atoms with E-state index in [-0.39, 0.29) is 5.91 Å². The molecule has 6 aromatic rings. The molecule has 3 aromatic heterocycles. The molecule has 0 N–H and O–H groups in total. The zero-order chi connectivity index (χ0) is 28.7. The minimum Gasteiger partial charge on any atom is -0.461 e. The first-order valence-corrected chi connectivity index (χ1v) is 15.2. The van der Waals surface area contributed by atoms with Gasteiger partial charge in [-0.1, -0.05) is 84.6 Å². The van der Waals surface area contributed by atoms with E-state index in [9.17, 15) is 9.18 Å². The number of aromatic nitrogens is 4. The fraction of sp³-hybridized carbons (Fsp3) is 0.125. The molecule has 0 aliphatic rings. The van der Waals surface area contributed by atoms with E-state index in [1.807, 2.05) is 53.4 Å². The maximum Gasteiger partial charge on any atom is 0.273 e. The molecule has 0 aliphatic carbocycles. The number of rotatable bonds is 11. The van der Waals surface area contributed by atoms with Crippen molar-refractivity contribution in [3.8, 4) is 17.3 Å². The van der Waals surface area contributed by atoms with Crippen LogP contribution in [0.4, 0.5) is 4.39 Å². The minimum absolute atomic E-state index is 0.114. The third kappa shape index (κ3) is 6.35. The number of thioether (sulfide) groups is 1. The Morgan fingerprint density at radius 2 is 1.64 bits per heavy atom. The van der Waals surface area contributed by atoms with Crippen molar-refractivity contribution in [1.82, 2.24) is 24.6 Å². The second-order valence-corrected chi connectivity index (χ2v) is 11.3. The monoisotopic (exact) mass is 595 g/mol. The van der Waals surface area contributed by atoms with Gasteiger partial charge in [0.2, 0.25) is 5.82 Å². The van der Waals surface area contributed by atoms with E-state index >= 15 is 0 Å². The molecule has 0 unspecified atom stereocenters. The van der Waals surface area contributed by atoms with Crippen molar-refractivity contribution >= 4 is 29.0 Å². The normalized spacial score (nSPS) is 11.1. The number of nitrogens with zero attached hydrogens (tertiary/aromatic N) is 5. The molecule has 10 heteroatoms. The van der Waals surface area contributed by atoms with Gasteiger partial charge in [0, 0.05) is 18.5 Å². The Bertz CT molecular complexity index is 1750. The molecule has 0 fully saturated rings. The van der Waals surface area contributed by atoms with Gasteiger partial charge in [0.25, 0.3) is 5.91 Å². The molecule has 0 bridgehead atoms. The Hall–Kier alpha value is -4.54. The van der Waals surface area contributed by atoms with Gasteiger partial charge in [0.05, 0.1) is 17.7 Å². The number of hydrogen-bond acceptors (Lipinski definition) is 7. The second kappa shape index (κ2) is 13.0. The number of halogens is 1. The lowest BCUT2D eigenvalue weighted by atomic mass is 10.1. The van der Waals surface area contributed by atoms with Crippen molar-refractivity contribution in [2.24, 2.45) is 0 Å². The van der Waals surface area contributed by atoms with Gasteiger partial charge in [0.1, 0.15) is 16.5 Å². The molecule has 6 rings (SSSR count). The third-order valence-electron chi connectivity index (χ3n) is 6.58. The molecule has 7 nitrogen and oxygen atoms in total. The van der Waals surface area contributed by atoms with E-state index in [1.165, 1.54) is 41.0 Å². The summed E-state index contributed by atoms with van der Waals surface area (Å²) in [6.07, 6.45) is 2.29. The van der Waals surface area contributed by atoms with Crippen LogP contribution in [-0.4, -0.2) is 37.1 Å². The van der Waals surface area contributed by atoms with E-state index in [0.29, 0.717) is 47.0 Å². The summed E-state index contributed by atoms with van der Waals surface area (Å²) < 4.78 is 22.0. The van der Waals surface area contributed by atoms with Gasteiger partial charge in [-0.05, 0) is 41.8 Å². The van der Waals surface area contributed by atoms with Crippen LogP contribution in [0.15, 0.2) is 118 Å². The highest BCUT2D eigenvalue weighted by molar-refractivity contribution is 7.98. The summed E-state index contributed by atoms with van der Waals surface area (Å²) in [5, 5.41) is 11.7. The van der Waals surface area contributed by atoms with Crippen LogP contribution in [0, 0.1) is 5.82 Å².